The molecule has 0 saturated carbocycles. The standard InChI is InChI=1S/C16H24N2O4S/c1-5-10-21-14(19)17(4)12-13(3)16(23)8-7-9-18(16)15(20)22-11-6-2/h5-6,23H,1-3,7-12H2,4H3/t16-/m0/s1. The Labute approximate surface area is 142 Å². The van der Waals surface area contributed by atoms with Gasteiger partial charge in [0.25, 0.3) is 0 Å². The van der Waals surface area contributed by atoms with Gasteiger partial charge in [0.05, 0.1) is 0 Å². The number of hydrogen-bond donors (Lipinski definition) is 1. The molecule has 0 unspecified atom stereocenters. The third-order valence-electron chi connectivity index (χ3n) is 3.53. The molecule has 0 aromatic heterocycles. The molecular formula is C16H24N2O4S. The Morgan fingerprint density at radius 3 is 2.52 bits per heavy atom. The largest absolute Gasteiger partial charge is 0.445 e. The maximum Gasteiger partial charge on any atom is 0.411 e. The smallest absolute Gasteiger partial charge is 0.411 e. The van der Waals surface area contributed by atoms with Gasteiger partial charge in [-0.2, -0.15) is 0 Å². The molecule has 1 aliphatic rings. The van der Waals surface area contributed by atoms with Crippen molar-refractivity contribution in [1.82, 2.24) is 9.80 Å². The van der Waals surface area contributed by atoms with Crippen LogP contribution in [-0.2, 0) is 9.47 Å². The van der Waals surface area contributed by atoms with Crippen LogP contribution in [0.25, 0.3) is 0 Å². The molecule has 1 aliphatic heterocycles. The van der Waals surface area contributed by atoms with Crippen molar-refractivity contribution in [1.29, 1.82) is 0 Å². The van der Waals surface area contributed by atoms with E-state index in [1.807, 2.05) is 0 Å². The van der Waals surface area contributed by atoms with Gasteiger partial charge in [0.1, 0.15) is 18.1 Å². The summed E-state index contributed by atoms with van der Waals surface area (Å²) in [5.41, 5.74) is 0.631. The first-order valence-electron chi connectivity index (χ1n) is 7.31. The Morgan fingerprint density at radius 2 is 1.91 bits per heavy atom. The molecule has 7 heteroatoms. The number of rotatable bonds is 7. The molecule has 0 radical (unpaired) electrons. The van der Waals surface area contributed by atoms with Gasteiger partial charge >= 0.3 is 12.2 Å². The zero-order chi connectivity index (χ0) is 17.5. The van der Waals surface area contributed by atoms with Crippen LogP contribution in [0.3, 0.4) is 0 Å². The van der Waals surface area contributed by atoms with Crippen LogP contribution in [0.4, 0.5) is 9.59 Å². The van der Waals surface area contributed by atoms with Crippen molar-refractivity contribution in [2.75, 3.05) is 33.4 Å². The summed E-state index contributed by atoms with van der Waals surface area (Å²) in [5, 5.41) is 0. The predicted molar refractivity (Wildman–Crippen MR) is 92.5 cm³/mol. The van der Waals surface area contributed by atoms with Crippen molar-refractivity contribution in [2.45, 2.75) is 17.7 Å². The first kappa shape index (κ1) is 19.2. The van der Waals surface area contributed by atoms with Crippen molar-refractivity contribution < 1.29 is 19.1 Å². The monoisotopic (exact) mass is 340 g/mol. The average Bonchev–Trinajstić information content (AvgIpc) is 2.93. The highest BCUT2D eigenvalue weighted by Crippen LogP contribution is 2.39. The zero-order valence-corrected chi connectivity index (χ0v) is 14.4. The van der Waals surface area contributed by atoms with Crippen LogP contribution < -0.4 is 0 Å². The first-order valence-corrected chi connectivity index (χ1v) is 7.76. The first-order chi connectivity index (χ1) is 10.9. The highest BCUT2D eigenvalue weighted by Gasteiger charge is 2.44. The average molecular weight is 340 g/mol. The minimum Gasteiger partial charge on any atom is -0.445 e. The van der Waals surface area contributed by atoms with Crippen LogP contribution in [0.2, 0.25) is 0 Å². The highest BCUT2D eigenvalue weighted by molar-refractivity contribution is 7.82. The van der Waals surface area contributed by atoms with Crippen LogP contribution in [0.1, 0.15) is 12.8 Å². The second-order valence-corrected chi connectivity index (χ2v) is 6.00. The molecule has 1 saturated heterocycles. The summed E-state index contributed by atoms with van der Waals surface area (Å²) < 4.78 is 10.1. The van der Waals surface area contributed by atoms with Crippen LogP contribution in [0.15, 0.2) is 37.5 Å². The summed E-state index contributed by atoms with van der Waals surface area (Å²) in [6.45, 7) is 12.1. The number of likely N-dealkylation sites (N-methyl/N-ethyl adjacent to an activating group) is 1. The minimum absolute atomic E-state index is 0.138. The Hall–Kier alpha value is -1.89. The molecule has 0 spiro atoms. The summed E-state index contributed by atoms with van der Waals surface area (Å²) in [6.07, 6.45) is 3.49. The molecule has 0 aliphatic carbocycles. The molecule has 0 bridgehead atoms. The van der Waals surface area contributed by atoms with E-state index in [1.54, 1.807) is 7.05 Å². The Morgan fingerprint density at radius 1 is 1.30 bits per heavy atom. The van der Waals surface area contributed by atoms with Gasteiger partial charge in [-0.25, -0.2) is 9.59 Å². The van der Waals surface area contributed by atoms with E-state index in [4.69, 9.17) is 9.47 Å². The number of amides is 2. The lowest BCUT2D eigenvalue weighted by molar-refractivity contribution is 0.105. The summed E-state index contributed by atoms with van der Waals surface area (Å²) in [6, 6.07) is 0. The summed E-state index contributed by atoms with van der Waals surface area (Å²) in [4.78, 5) is 26.0. The van der Waals surface area contributed by atoms with Gasteiger partial charge in [0.15, 0.2) is 0 Å². The quantitative estimate of drug-likeness (QED) is 0.572. The molecule has 2 amide bonds. The van der Waals surface area contributed by atoms with Crippen molar-refractivity contribution in [2.24, 2.45) is 0 Å². The highest BCUT2D eigenvalue weighted by atomic mass is 32.1. The molecule has 0 N–H and O–H groups in total. The lowest BCUT2D eigenvalue weighted by atomic mass is 10.1. The Kier molecular flexibility index (Phi) is 7.22. The lowest BCUT2D eigenvalue weighted by Crippen LogP contribution is -2.47. The third-order valence-corrected chi connectivity index (χ3v) is 4.31. The van der Waals surface area contributed by atoms with E-state index in [1.165, 1.54) is 22.0 Å². The number of carbonyl (C=O) groups excluding carboxylic acids is 2. The van der Waals surface area contributed by atoms with Gasteiger partial charge < -0.3 is 14.4 Å². The number of ether oxygens (including phenoxy) is 2. The van der Waals surface area contributed by atoms with Crippen molar-refractivity contribution in [3.05, 3.63) is 37.5 Å². The van der Waals surface area contributed by atoms with Gasteiger partial charge in [0, 0.05) is 20.1 Å². The van der Waals surface area contributed by atoms with Crippen LogP contribution in [0.5, 0.6) is 0 Å². The van der Waals surface area contributed by atoms with E-state index in [9.17, 15) is 9.59 Å². The number of nitrogens with zero attached hydrogens (tertiary/aromatic N) is 2. The molecule has 1 fully saturated rings. The van der Waals surface area contributed by atoms with E-state index in [0.717, 1.165) is 6.42 Å². The van der Waals surface area contributed by atoms with Gasteiger partial charge in [-0.15, -0.1) is 12.6 Å². The fourth-order valence-electron chi connectivity index (χ4n) is 2.34. The topological polar surface area (TPSA) is 59.1 Å². The summed E-state index contributed by atoms with van der Waals surface area (Å²) in [5.74, 6) is 0. The molecule has 0 aromatic rings. The minimum atomic E-state index is -0.842. The fraction of sp³-hybridized carbons (Fsp3) is 0.500. The van der Waals surface area contributed by atoms with Crippen molar-refractivity contribution in [3.63, 3.8) is 0 Å². The second-order valence-electron chi connectivity index (χ2n) is 5.26. The third kappa shape index (κ3) is 4.79. The van der Waals surface area contributed by atoms with Crippen molar-refractivity contribution in [3.8, 4) is 0 Å². The maximum atomic E-state index is 12.1. The Balaban J connectivity index is 2.71. The number of thiol groups is 1. The molecule has 1 rings (SSSR count). The van der Waals surface area contributed by atoms with E-state index < -0.39 is 17.1 Å². The summed E-state index contributed by atoms with van der Waals surface area (Å²) in [7, 11) is 1.60. The van der Waals surface area contributed by atoms with E-state index in [0.29, 0.717) is 18.5 Å². The fourth-order valence-corrected chi connectivity index (χ4v) is 2.75. The maximum absolute atomic E-state index is 12.1. The van der Waals surface area contributed by atoms with Gasteiger partial charge in [-0.3, -0.25) is 4.90 Å². The van der Waals surface area contributed by atoms with E-state index in [-0.39, 0.29) is 19.8 Å². The van der Waals surface area contributed by atoms with Gasteiger partial charge in [-0.1, -0.05) is 31.9 Å². The molecule has 0 aromatic carbocycles. The predicted octanol–water partition coefficient (Wildman–Crippen LogP) is 2.84. The van der Waals surface area contributed by atoms with Crippen LogP contribution in [-0.4, -0.2) is 60.2 Å². The molecule has 128 valence electrons. The molecule has 1 atom stereocenters. The normalized spacial score (nSPS) is 19.8. The molecular weight excluding hydrogens is 316 g/mol. The van der Waals surface area contributed by atoms with Crippen molar-refractivity contribution >= 4 is 24.8 Å². The van der Waals surface area contributed by atoms with E-state index >= 15 is 0 Å². The number of hydrogen-bond acceptors (Lipinski definition) is 5. The SMILES string of the molecule is C=CCOC(=O)N(C)CC(=C)[C@@]1(S)CCCN1C(=O)OCC=C. The molecule has 1 heterocycles. The Bertz CT molecular complexity index is 494. The van der Waals surface area contributed by atoms with E-state index in [2.05, 4.69) is 32.4 Å². The van der Waals surface area contributed by atoms with Crippen LogP contribution >= 0.6 is 12.6 Å². The summed E-state index contributed by atoms with van der Waals surface area (Å²) >= 11 is 4.65. The van der Waals surface area contributed by atoms with Gasteiger partial charge in [0.2, 0.25) is 0 Å². The second kappa shape index (κ2) is 8.67. The number of carbonyl (C=O) groups is 2. The lowest BCUT2D eigenvalue weighted by Gasteiger charge is -2.36. The molecule has 6 nitrogen and oxygen atoms in total. The van der Waals surface area contributed by atoms with Crippen LogP contribution in [0, 0.1) is 0 Å². The van der Waals surface area contributed by atoms with Gasteiger partial charge in [-0.05, 0) is 18.4 Å². The molecule has 23 heavy (non-hydrogen) atoms. The number of likely N-dealkylation sites (tertiary alicyclic amines) is 1. The zero-order valence-electron chi connectivity index (χ0n) is 13.5.